The molecule has 0 bridgehead atoms. The Balaban J connectivity index is 1.48. The highest BCUT2D eigenvalue weighted by atomic mass is 19.1. The minimum absolute atomic E-state index is 0.253. The first-order chi connectivity index (χ1) is 12.7. The van der Waals surface area contributed by atoms with E-state index in [9.17, 15) is 4.39 Å². The largest absolute Gasteiger partial charge is 0.368 e. The van der Waals surface area contributed by atoms with Gasteiger partial charge in [-0.05, 0) is 44.8 Å². The van der Waals surface area contributed by atoms with Gasteiger partial charge in [-0.25, -0.2) is 4.39 Å². The second-order valence-electron chi connectivity index (χ2n) is 7.48. The van der Waals surface area contributed by atoms with Crippen LogP contribution in [0.5, 0.6) is 0 Å². The molecule has 7 heteroatoms. The minimum Gasteiger partial charge on any atom is -0.368 e. The van der Waals surface area contributed by atoms with Crippen LogP contribution in [-0.2, 0) is 13.6 Å². The maximum atomic E-state index is 14.1. The smallest absolute Gasteiger partial charge is 0.164 e. The number of anilines is 1. The molecule has 0 N–H and O–H groups in total. The van der Waals surface area contributed by atoms with E-state index in [-0.39, 0.29) is 11.7 Å². The van der Waals surface area contributed by atoms with Crippen LogP contribution in [0.2, 0.25) is 0 Å². The van der Waals surface area contributed by atoms with E-state index >= 15 is 0 Å². The minimum atomic E-state index is -0.253. The highest BCUT2D eigenvalue weighted by molar-refractivity contribution is 5.47. The number of aromatic nitrogens is 4. The zero-order chi connectivity index (χ0) is 17.9. The molecule has 4 heterocycles. The Morgan fingerprint density at radius 1 is 1.12 bits per heavy atom. The summed E-state index contributed by atoms with van der Waals surface area (Å²) in [5.74, 6) is 2.09. The Kier molecular flexibility index (Phi) is 5.15. The SMILES string of the molecule is Cn1c(CN2CCCCC2)nnc1[C@H]1CCCN(c2ccncc2F)C1. The van der Waals surface area contributed by atoms with Crippen LogP contribution in [0.25, 0.3) is 0 Å². The van der Waals surface area contributed by atoms with Crippen molar-refractivity contribution in [2.24, 2.45) is 7.05 Å². The fourth-order valence-corrected chi connectivity index (χ4v) is 4.22. The van der Waals surface area contributed by atoms with Crippen LogP contribution in [0, 0.1) is 5.82 Å². The summed E-state index contributed by atoms with van der Waals surface area (Å²) in [6.07, 6.45) is 8.93. The second-order valence-corrected chi connectivity index (χ2v) is 7.48. The van der Waals surface area contributed by atoms with Gasteiger partial charge < -0.3 is 9.47 Å². The van der Waals surface area contributed by atoms with Crippen LogP contribution < -0.4 is 4.90 Å². The molecule has 2 aromatic heterocycles. The Bertz CT molecular complexity index is 739. The van der Waals surface area contributed by atoms with E-state index in [0.717, 1.165) is 57.2 Å². The summed E-state index contributed by atoms with van der Waals surface area (Å²) in [5.41, 5.74) is 0.639. The lowest BCUT2D eigenvalue weighted by Gasteiger charge is -2.34. The molecule has 2 fully saturated rings. The quantitative estimate of drug-likeness (QED) is 0.841. The first-order valence-electron chi connectivity index (χ1n) is 9.67. The number of hydrogen-bond donors (Lipinski definition) is 0. The standard InChI is InChI=1S/C19H27FN6/c1-24-18(14-25-9-3-2-4-10-25)22-23-19(24)15-6-5-11-26(13-15)17-7-8-21-12-16(17)20/h7-8,12,15H,2-6,9-11,13-14H2,1H3/t15-/m0/s1. The van der Waals surface area contributed by atoms with Crippen molar-refractivity contribution >= 4 is 5.69 Å². The van der Waals surface area contributed by atoms with Crippen LogP contribution in [0.15, 0.2) is 18.5 Å². The summed E-state index contributed by atoms with van der Waals surface area (Å²) >= 11 is 0. The normalized spacial score (nSPS) is 21.9. The molecule has 2 aromatic rings. The third-order valence-corrected chi connectivity index (χ3v) is 5.69. The van der Waals surface area contributed by atoms with Gasteiger partial charge in [-0.15, -0.1) is 10.2 Å². The monoisotopic (exact) mass is 358 g/mol. The molecule has 4 rings (SSSR count). The number of piperidine rings is 2. The van der Waals surface area contributed by atoms with Crippen molar-refractivity contribution in [1.29, 1.82) is 0 Å². The van der Waals surface area contributed by atoms with Crippen molar-refractivity contribution in [3.8, 4) is 0 Å². The highest BCUT2D eigenvalue weighted by Gasteiger charge is 2.27. The fraction of sp³-hybridized carbons (Fsp3) is 0.632. The lowest BCUT2D eigenvalue weighted by molar-refractivity contribution is 0.213. The van der Waals surface area contributed by atoms with Gasteiger partial charge in [0.05, 0.1) is 18.4 Å². The molecule has 0 aliphatic carbocycles. The molecule has 2 aliphatic heterocycles. The average molecular weight is 358 g/mol. The molecule has 2 aliphatic rings. The first-order valence-corrected chi connectivity index (χ1v) is 9.67. The molecule has 1 atom stereocenters. The van der Waals surface area contributed by atoms with Gasteiger partial charge in [0.1, 0.15) is 11.6 Å². The van der Waals surface area contributed by atoms with Crippen LogP contribution in [0.3, 0.4) is 0 Å². The molecule has 0 saturated carbocycles. The number of pyridine rings is 1. The van der Waals surface area contributed by atoms with Gasteiger partial charge in [0, 0.05) is 32.3 Å². The number of halogens is 1. The highest BCUT2D eigenvalue weighted by Crippen LogP contribution is 2.30. The molecule has 26 heavy (non-hydrogen) atoms. The molecule has 0 amide bonds. The second kappa shape index (κ2) is 7.70. The van der Waals surface area contributed by atoms with E-state index in [1.165, 1.54) is 25.5 Å². The van der Waals surface area contributed by atoms with E-state index in [0.29, 0.717) is 5.69 Å². The molecule has 0 aromatic carbocycles. The van der Waals surface area contributed by atoms with Gasteiger partial charge in [0.25, 0.3) is 0 Å². The van der Waals surface area contributed by atoms with Gasteiger partial charge in [-0.1, -0.05) is 6.42 Å². The third-order valence-electron chi connectivity index (χ3n) is 5.69. The first kappa shape index (κ1) is 17.4. The maximum absolute atomic E-state index is 14.1. The molecule has 0 spiro atoms. The zero-order valence-corrected chi connectivity index (χ0v) is 15.4. The van der Waals surface area contributed by atoms with E-state index < -0.39 is 0 Å². The molecule has 0 radical (unpaired) electrons. The lowest BCUT2D eigenvalue weighted by Crippen LogP contribution is -2.36. The summed E-state index contributed by atoms with van der Waals surface area (Å²) in [6, 6.07) is 1.76. The summed E-state index contributed by atoms with van der Waals surface area (Å²) in [6.45, 7) is 4.83. The Morgan fingerprint density at radius 2 is 1.96 bits per heavy atom. The van der Waals surface area contributed by atoms with Crippen LogP contribution in [0.4, 0.5) is 10.1 Å². The summed E-state index contributed by atoms with van der Waals surface area (Å²) in [5, 5.41) is 8.98. The van der Waals surface area contributed by atoms with E-state index in [2.05, 4.69) is 36.6 Å². The number of nitrogens with zero attached hydrogens (tertiary/aromatic N) is 6. The zero-order valence-electron chi connectivity index (χ0n) is 15.4. The van der Waals surface area contributed by atoms with Gasteiger partial charge >= 0.3 is 0 Å². The Morgan fingerprint density at radius 3 is 2.77 bits per heavy atom. The Hall–Kier alpha value is -2.02. The summed E-state index contributed by atoms with van der Waals surface area (Å²) in [7, 11) is 2.07. The van der Waals surface area contributed by atoms with Crippen molar-refractivity contribution < 1.29 is 4.39 Å². The fourth-order valence-electron chi connectivity index (χ4n) is 4.22. The maximum Gasteiger partial charge on any atom is 0.164 e. The molecule has 140 valence electrons. The van der Waals surface area contributed by atoms with Crippen molar-refractivity contribution in [3.63, 3.8) is 0 Å². The summed E-state index contributed by atoms with van der Waals surface area (Å²) in [4.78, 5) is 8.44. The molecule has 6 nitrogen and oxygen atoms in total. The van der Waals surface area contributed by atoms with Gasteiger partial charge in [-0.3, -0.25) is 9.88 Å². The number of rotatable bonds is 4. The van der Waals surface area contributed by atoms with Crippen LogP contribution >= 0.6 is 0 Å². The summed E-state index contributed by atoms with van der Waals surface area (Å²) < 4.78 is 16.3. The van der Waals surface area contributed by atoms with Crippen molar-refractivity contribution in [2.45, 2.75) is 44.6 Å². The lowest BCUT2D eigenvalue weighted by atomic mass is 9.96. The van der Waals surface area contributed by atoms with E-state index in [4.69, 9.17) is 0 Å². The van der Waals surface area contributed by atoms with Gasteiger partial charge in [0.2, 0.25) is 0 Å². The average Bonchev–Trinajstić information content (AvgIpc) is 3.03. The molecular weight excluding hydrogens is 331 g/mol. The third kappa shape index (κ3) is 3.58. The number of hydrogen-bond acceptors (Lipinski definition) is 5. The van der Waals surface area contributed by atoms with Crippen molar-refractivity contribution in [1.82, 2.24) is 24.6 Å². The molecule has 2 saturated heterocycles. The van der Waals surface area contributed by atoms with Gasteiger partial charge in [0.15, 0.2) is 5.82 Å². The predicted molar refractivity (Wildman–Crippen MR) is 98.5 cm³/mol. The van der Waals surface area contributed by atoms with Crippen LogP contribution in [-0.4, -0.2) is 50.8 Å². The van der Waals surface area contributed by atoms with E-state index in [1.54, 1.807) is 12.3 Å². The van der Waals surface area contributed by atoms with Gasteiger partial charge in [-0.2, -0.15) is 0 Å². The molecule has 0 unspecified atom stereocenters. The molecular formula is C19H27FN6. The topological polar surface area (TPSA) is 50.1 Å². The van der Waals surface area contributed by atoms with Crippen molar-refractivity contribution in [3.05, 3.63) is 35.9 Å². The Labute approximate surface area is 154 Å². The number of likely N-dealkylation sites (tertiary alicyclic amines) is 1. The predicted octanol–water partition coefficient (Wildman–Crippen LogP) is 2.72. The van der Waals surface area contributed by atoms with Crippen LogP contribution in [0.1, 0.15) is 49.7 Å². The van der Waals surface area contributed by atoms with E-state index in [1.807, 2.05) is 0 Å². The van der Waals surface area contributed by atoms with Crippen molar-refractivity contribution in [2.75, 3.05) is 31.1 Å².